The first kappa shape index (κ1) is 58.6. The third kappa shape index (κ3) is 12.6. The molecule has 4 fully saturated rings. The zero-order valence-corrected chi connectivity index (χ0v) is 48.3. The Kier molecular flexibility index (Phi) is 17.6. The Morgan fingerprint density at radius 1 is 0.890 bits per heavy atom. The van der Waals surface area contributed by atoms with E-state index in [9.17, 15) is 37.4 Å². The summed E-state index contributed by atoms with van der Waals surface area (Å²) in [6.07, 6.45) is 3.70. The lowest BCUT2D eigenvalue weighted by atomic mass is 9.85. The fourth-order valence-corrected chi connectivity index (χ4v) is 13.3. The Morgan fingerprint density at radius 3 is 2.29 bits per heavy atom. The van der Waals surface area contributed by atoms with Crippen LogP contribution < -0.4 is 19.9 Å². The highest BCUT2D eigenvalue weighted by molar-refractivity contribution is 7.80. The number of hydrazine groups is 1. The lowest BCUT2D eigenvalue weighted by Crippen LogP contribution is -2.58. The van der Waals surface area contributed by atoms with Gasteiger partial charge in [-0.1, -0.05) is 57.2 Å². The van der Waals surface area contributed by atoms with Crippen LogP contribution in [0, 0.1) is 24.0 Å². The van der Waals surface area contributed by atoms with Gasteiger partial charge < -0.3 is 30.5 Å². The van der Waals surface area contributed by atoms with Crippen molar-refractivity contribution in [2.75, 3.05) is 74.8 Å². The minimum Gasteiger partial charge on any atom is -0.391 e. The number of H-pyrrole nitrogens is 1. The van der Waals surface area contributed by atoms with E-state index >= 15 is 8.78 Å². The van der Waals surface area contributed by atoms with Gasteiger partial charge in [-0.25, -0.2) is 32.4 Å². The molecule has 10 rings (SSSR count). The molecule has 4 saturated heterocycles. The number of nitrogens with zero attached hydrogens (tertiary/aromatic N) is 8. The largest absolute Gasteiger partial charge is 0.391 e. The highest BCUT2D eigenvalue weighted by atomic mass is 32.2. The molecular formula is C59H70F3N11O7S2. The van der Waals surface area contributed by atoms with Crippen LogP contribution in [-0.4, -0.2) is 168 Å². The van der Waals surface area contributed by atoms with Gasteiger partial charge in [0.1, 0.15) is 35.4 Å². The highest BCUT2D eigenvalue weighted by Gasteiger charge is 2.45. The van der Waals surface area contributed by atoms with Gasteiger partial charge in [-0.3, -0.25) is 33.5 Å². The molecule has 4 aliphatic rings. The zero-order valence-electron chi connectivity index (χ0n) is 46.6. The summed E-state index contributed by atoms with van der Waals surface area (Å²) >= 11 is -1.27. The third-order valence-corrected chi connectivity index (χ3v) is 18.1. The van der Waals surface area contributed by atoms with Gasteiger partial charge in [0.05, 0.1) is 46.9 Å². The first-order valence-electron chi connectivity index (χ1n) is 27.9. The number of thiazole rings is 1. The van der Waals surface area contributed by atoms with Gasteiger partial charge in [-0.2, -0.15) is 4.41 Å². The van der Waals surface area contributed by atoms with Crippen molar-refractivity contribution < 1.29 is 46.2 Å². The Morgan fingerprint density at radius 2 is 1.62 bits per heavy atom. The molecule has 3 amide bonds. The Hall–Kier alpha value is -6.60. The number of fused-ring (bicyclic) bond motifs is 1. The van der Waals surface area contributed by atoms with Gasteiger partial charge in [-0.05, 0) is 105 Å². The summed E-state index contributed by atoms with van der Waals surface area (Å²) in [5, 5.41) is 18.4. The van der Waals surface area contributed by atoms with Crippen molar-refractivity contribution in [3.05, 3.63) is 119 Å². The number of carbonyl (C=O) groups excluding carboxylic acids is 4. The lowest BCUT2D eigenvalue weighted by Gasteiger charge is -2.39. The van der Waals surface area contributed by atoms with Crippen molar-refractivity contribution in [1.82, 2.24) is 45.3 Å². The van der Waals surface area contributed by atoms with Gasteiger partial charge >= 0.3 is 0 Å². The fraction of sp³-hybridized carbons (Fsp3) is 0.458. The Balaban J connectivity index is 0.712. The van der Waals surface area contributed by atoms with E-state index in [2.05, 4.69) is 40.3 Å². The summed E-state index contributed by atoms with van der Waals surface area (Å²) in [5.41, 5.74) is 5.35. The maximum Gasteiger partial charge on any atom is 0.277 e. The normalized spacial score (nSPS) is 20.9. The summed E-state index contributed by atoms with van der Waals surface area (Å²) in [6.45, 7) is 14.1. The predicted molar refractivity (Wildman–Crippen MR) is 310 cm³/mol. The molecule has 3 aromatic heterocycles. The van der Waals surface area contributed by atoms with Gasteiger partial charge in [0.25, 0.3) is 11.3 Å². The molecule has 0 bridgehead atoms. The molecule has 6 aromatic rings. The van der Waals surface area contributed by atoms with Crippen LogP contribution in [0.25, 0.3) is 32.6 Å². The number of halogens is 3. The second kappa shape index (κ2) is 24.7. The summed E-state index contributed by atoms with van der Waals surface area (Å²) in [6, 6.07) is 17.6. The van der Waals surface area contributed by atoms with Crippen molar-refractivity contribution in [3.63, 3.8) is 0 Å². The molecule has 0 spiro atoms. The molecule has 82 heavy (non-hydrogen) atoms. The molecule has 0 saturated carbocycles. The van der Waals surface area contributed by atoms with Gasteiger partial charge in [-0.15, -0.1) is 11.3 Å². The van der Waals surface area contributed by atoms with Crippen LogP contribution in [0.3, 0.4) is 0 Å². The molecule has 6 atom stereocenters. The zero-order chi connectivity index (χ0) is 58.1. The molecule has 7 heterocycles. The summed E-state index contributed by atoms with van der Waals surface area (Å²) in [7, 11) is 0. The predicted octanol–water partition coefficient (Wildman–Crippen LogP) is 7.42. The SMILES string of the molecule is Cc1ncsc1-c1ccc([C@H](C)NC(=O)[C@@H]2C[C@@H](O)CN2C(=O)[C@@H](NC(=O)CN2CCCN(C3CCN(c4ccc(-c5cnc6[nH]cc(C(=O)c7c(F)ccc(N(N8CC[C@@H](F)C8)S(=O)O)c7F)c6c5)cc4)CC3)CC2)C(C)(C)C)cc1. The quantitative estimate of drug-likeness (QED) is 0.0473. The van der Waals surface area contributed by atoms with Crippen LogP contribution in [0.2, 0.25) is 0 Å². The van der Waals surface area contributed by atoms with E-state index in [0.717, 1.165) is 102 Å². The number of amides is 3. The average Bonchev–Trinajstić information content (AvgIpc) is 4.43. The first-order valence-corrected chi connectivity index (χ1v) is 29.9. The number of aromatic amines is 1. The van der Waals surface area contributed by atoms with E-state index in [1.165, 1.54) is 11.1 Å². The number of piperidine rings is 1. The van der Waals surface area contributed by atoms with Crippen molar-refractivity contribution in [3.8, 4) is 21.6 Å². The number of ketones is 1. The van der Waals surface area contributed by atoms with Gasteiger partial charge in [0.15, 0.2) is 5.82 Å². The van der Waals surface area contributed by atoms with E-state index in [4.69, 9.17) is 0 Å². The second-order valence-corrected chi connectivity index (χ2v) is 24.7. The number of anilines is 2. The van der Waals surface area contributed by atoms with E-state index in [0.29, 0.717) is 33.6 Å². The lowest BCUT2D eigenvalue weighted by molar-refractivity contribution is -0.144. The summed E-state index contributed by atoms with van der Waals surface area (Å²) < 4.78 is 68.6. The van der Waals surface area contributed by atoms with Crippen molar-refractivity contribution in [1.29, 1.82) is 0 Å². The number of aromatic nitrogens is 3. The Labute approximate surface area is 481 Å². The van der Waals surface area contributed by atoms with Gasteiger partial charge in [0.2, 0.25) is 23.5 Å². The second-order valence-electron chi connectivity index (χ2n) is 23.0. The molecule has 0 radical (unpaired) electrons. The van der Waals surface area contributed by atoms with Crippen molar-refractivity contribution >= 4 is 68.5 Å². The molecule has 5 N–H and O–H groups in total. The van der Waals surface area contributed by atoms with Crippen LogP contribution >= 0.6 is 11.3 Å². The fourth-order valence-electron chi connectivity index (χ4n) is 11.9. The average molecular weight is 1170 g/mol. The van der Waals surface area contributed by atoms with E-state index < -0.39 is 75.6 Å². The molecule has 23 heteroatoms. The number of hydrogen-bond donors (Lipinski definition) is 5. The summed E-state index contributed by atoms with van der Waals surface area (Å²) in [5.74, 6) is -4.55. The smallest absolute Gasteiger partial charge is 0.277 e. The number of alkyl halides is 1. The molecule has 18 nitrogen and oxygen atoms in total. The molecular weight excluding hydrogens is 1100 g/mol. The maximum atomic E-state index is 16.1. The van der Waals surface area contributed by atoms with Crippen LogP contribution in [-0.2, 0) is 25.7 Å². The van der Waals surface area contributed by atoms with E-state index in [1.54, 1.807) is 23.6 Å². The highest BCUT2D eigenvalue weighted by Crippen LogP contribution is 2.35. The van der Waals surface area contributed by atoms with Crippen LogP contribution in [0.5, 0.6) is 0 Å². The minimum atomic E-state index is -2.84. The number of carbonyl (C=O) groups is 4. The van der Waals surface area contributed by atoms with Crippen LogP contribution in [0.1, 0.15) is 93.0 Å². The number of β-amino-alcohol motifs (C(OH)–C–C–N with tert-alkyl or cyclic N) is 1. The van der Waals surface area contributed by atoms with Crippen LogP contribution in [0.15, 0.2) is 84.6 Å². The number of aliphatic hydroxyl groups is 1. The maximum absolute atomic E-state index is 16.1. The van der Waals surface area contributed by atoms with E-state index in [-0.39, 0.29) is 62.4 Å². The van der Waals surface area contributed by atoms with Crippen LogP contribution in [0.4, 0.5) is 24.5 Å². The topological polar surface area (TPSA) is 211 Å². The number of likely N-dealkylation sites (tertiary alicyclic amines) is 1. The molecule has 3 aromatic carbocycles. The number of benzene rings is 3. The molecule has 0 aliphatic carbocycles. The molecule has 4 aliphatic heterocycles. The standard InChI is InChI=1S/C59H70F3N11O7S2/c1-35(37-7-9-39(10-8-37)54-36(2)65-34-81-54)66-57(77)49-28-44(74)32-72(49)58(78)55(59(3,4)5)67-50(75)33-68-20-6-21-69(26-25-68)43-18-22-70(23-19-43)42-13-11-38(12-14-42)40-27-45-46(30-64-56(45)63-29-40)53(76)51-47(61)15-16-48(52(51)62)73(82(79)80)71-24-17-41(60)31-71/h7-16,27,29-30,34-35,41,43-44,49,55,74H,6,17-26,28,31-33H2,1-5H3,(H,63,64)(H,66,77)(H,67,75)(H,79,80)/t35-,41+,44+,49-,55+/m0/s1. The van der Waals surface area contributed by atoms with E-state index in [1.807, 2.05) is 88.7 Å². The number of aliphatic hydroxyl groups excluding tert-OH is 1. The number of hydrogen-bond acceptors (Lipinski definition) is 13. The third-order valence-electron chi connectivity index (χ3n) is 16.4. The van der Waals surface area contributed by atoms with Gasteiger partial charge in [0, 0.05) is 86.3 Å². The van der Waals surface area contributed by atoms with Crippen molar-refractivity contribution in [2.45, 2.75) is 103 Å². The number of pyridine rings is 1. The molecule has 1 unspecified atom stereocenters. The first-order chi connectivity index (χ1) is 39.2. The number of rotatable bonds is 16. The number of nitrogens with one attached hydrogen (secondary N) is 3. The molecule has 436 valence electrons. The van der Waals surface area contributed by atoms with Crippen molar-refractivity contribution in [2.24, 2.45) is 5.41 Å². The Bertz CT molecular complexity index is 3330. The minimum absolute atomic E-state index is 0.0113. The monoisotopic (exact) mass is 1170 g/mol. The number of aryl methyl sites for hydroxylation is 1. The summed E-state index contributed by atoms with van der Waals surface area (Å²) in [4.78, 5) is 77.3.